The van der Waals surface area contributed by atoms with Crippen LogP contribution >= 0.6 is 34.8 Å². The van der Waals surface area contributed by atoms with Crippen molar-refractivity contribution in [1.82, 2.24) is 0 Å². The number of benzene rings is 2. The van der Waals surface area contributed by atoms with Crippen molar-refractivity contribution in [3.05, 3.63) is 74.7 Å². The number of rotatable bonds is 5. The Morgan fingerprint density at radius 2 is 1.74 bits per heavy atom. The predicted molar refractivity (Wildman–Crippen MR) is 92.2 cm³/mol. The van der Waals surface area contributed by atoms with E-state index in [1.807, 2.05) is 0 Å². The molecule has 0 saturated heterocycles. The van der Waals surface area contributed by atoms with E-state index in [0.717, 1.165) is 0 Å². The van der Waals surface area contributed by atoms with Gasteiger partial charge in [-0.1, -0.05) is 53.0 Å². The van der Waals surface area contributed by atoms with Gasteiger partial charge in [-0.2, -0.15) is 0 Å². The summed E-state index contributed by atoms with van der Waals surface area (Å²) in [7, 11) is 0. The van der Waals surface area contributed by atoms with Crippen molar-refractivity contribution in [3.8, 4) is 0 Å². The molecule has 23 heavy (non-hydrogen) atoms. The lowest BCUT2D eigenvalue weighted by Crippen LogP contribution is -2.12. The van der Waals surface area contributed by atoms with Crippen molar-refractivity contribution in [3.63, 3.8) is 0 Å². The van der Waals surface area contributed by atoms with Crippen molar-refractivity contribution < 1.29 is 14.3 Å². The molecule has 0 radical (unpaired) electrons. The molecule has 6 heteroatoms. The first-order valence-electron chi connectivity index (χ1n) is 6.55. The highest BCUT2D eigenvalue weighted by atomic mass is 35.5. The topological polar surface area (TPSA) is 43.4 Å². The van der Waals surface area contributed by atoms with Crippen LogP contribution in [-0.2, 0) is 9.53 Å². The van der Waals surface area contributed by atoms with E-state index in [1.54, 1.807) is 42.5 Å². The van der Waals surface area contributed by atoms with Crippen LogP contribution in [0.1, 0.15) is 15.9 Å². The third-order valence-electron chi connectivity index (χ3n) is 2.88. The summed E-state index contributed by atoms with van der Waals surface area (Å²) in [4.78, 5) is 23.6. The van der Waals surface area contributed by atoms with Gasteiger partial charge in [-0.15, -0.1) is 0 Å². The molecule has 0 unspecified atom stereocenters. The number of hydrogen-bond donors (Lipinski definition) is 0. The monoisotopic (exact) mass is 368 g/mol. The van der Waals surface area contributed by atoms with Crippen LogP contribution in [0.5, 0.6) is 0 Å². The Bertz CT molecular complexity index is 769. The summed E-state index contributed by atoms with van der Waals surface area (Å²) in [5.74, 6) is -1.03. The average molecular weight is 370 g/mol. The highest BCUT2D eigenvalue weighted by Crippen LogP contribution is 2.22. The van der Waals surface area contributed by atoms with Gasteiger partial charge in [-0.05, 0) is 35.9 Å². The molecule has 0 N–H and O–H groups in total. The lowest BCUT2D eigenvalue weighted by atomic mass is 10.1. The SMILES string of the molecule is O=C(/C=C/c1ccc(Cl)cc1Cl)OCC(=O)c1ccccc1Cl. The second-order valence-corrected chi connectivity index (χ2v) is 5.76. The zero-order valence-corrected chi connectivity index (χ0v) is 14.0. The maximum absolute atomic E-state index is 11.9. The number of Topliss-reactive ketones (excluding diaryl/α,β-unsaturated/α-hetero) is 1. The maximum Gasteiger partial charge on any atom is 0.331 e. The second-order valence-electron chi connectivity index (χ2n) is 4.51. The lowest BCUT2D eigenvalue weighted by Gasteiger charge is -2.03. The number of carbonyl (C=O) groups excluding carboxylic acids is 2. The fourth-order valence-corrected chi connectivity index (χ4v) is 2.46. The molecule has 0 aliphatic carbocycles. The summed E-state index contributed by atoms with van der Waals surface area (Å²) in [5, 5.41) is 1.23. The van der Waals surface area contributed by atoms with Gasteiger partial charge < -0.3 is 4.74 Å². The first-order chi connectivity index (χ1) is 11.0. The second kappa shape index (κ2) is 8.16. The molecule has 0 saturated carbocycles. The van der Waals surface area contributed by atoms with Crippen molar-refractivity contribution >= 4 is 52.6 Å². The summed E-state index contributed by atoms with van der Waals surface area (Å²) in [6.45, 7) is -0.388. The number of hydrogen-bond acceptors (Lipinski definition) is 3. The molecule has 0 aliphatic rings. The molecule has 0 aromatic heterocycles. The molecule has 0 heterocycles. The van der Waals surface area contributed by atoms with Gasteiger partial charge in [0.05, 0.1) is 5.02 Å². The molecule has 2 aromatic rings. The van der Waals surface area contributed by atoms with E-state index in [9.17, 15) is 9.59 Å². The maximum atomic E-state index is 11.9. The van der Waals surface area contributed by atoms with Crippen LogP contribution in [0, 0.1) is 0 Å². The molecule has 0 amide bonds. The van der Waals surface area contributed by atoms with E-state index in [-0.39, 0.29) is 12.4 Å². The van der Waals surface area contributed by atoms with E-state index < -0.39 is 5.97 Å². The minimum Gasteiger partial charge on any atom is -0.454 e. The third kappa shape index (κ3) is 5.10. The van der Waals surface area contributed by atoms with Gasteiger partial charge in [0.2, 0.25) is 5.78 Å². The van der Waals surface area contributed by atoms with Gasteiger partial charge in [0.25, 0.3) is 0 Å². The summed E-state index contributed by atoms with van der Waals surface area (Å²) >= 11 is 17.7. The first-order valence-corrected chi connectivity index (χ1v) is 7.68. The minimum atomic E-state index is -0.656. The van der Waals surface area contributed by atoms with E-state index >= 15 is 0 Å². The Hall–Kier alpha value is -1.81. The normalized spacial score (nSPS) is 10.7. The largest absolute Gasteiger partial charge is 0.454 e. The van der Waals surface area contributed by atoms with Gasteiger partial charge >= 0.3 is 5.97 Å². The summed E-state index contributed by atoms with van der Waals surface area (Å²) in [6, 6.07) is 11.5. The quantitative estimate of drug-likeness (QED) is 0.419. The van der Waals surface area contributed by atoms with Gasteiger partial charge in [0.1, 0.15) is 0 Å². The molecule has 2 rings (SSSR count). The number of ether oxygens (including phenoxy) is 1. The number of carbonyl (C=O) groups is 2. The average Bonchev–Trinajstić information content (AvgIpc) is 2.52. The molecule has 118 valence electrons. The van der Waals surface area contributed by atoms with Crippen LogP contribution in [0.4, 0.5) is 0 Å². The van der Waals surface area contributed by atoms with Crippen molar-refractivity contribution in [2.75, 3.05) is 6.61 Å². The highest BCUT2D eigenvalue weighted by Gasteiger charge is 2.11. The minimum absolute atomic E-state index is 0.312. The van der Waals surface area contributed by atoms with Crippen LogP contribution in [0.2, 0.25) is 15.1 Å². The number of halogens is 3. The smallest absolute Gasteiger partial charge is 0.331 e. The van der Waals surface area contributed by atoms with E-state index in [0.29, 0.717) is 26.2 Å². The standard InChI is InChI=1S/C17H11Cl3O3/c18-12-7-5-11(15(20)9-12)6-8-17(22)23-10-16(21)13-3-1-2-4-14(13)19/h1-9H,10H2/b8-6+. The summed E-state index contributed by atoms with van der Waals surface area (Å²) in [6.07, 6.45) is 2.68. The first kappa shape index (κ1) is 17.5. The third-order valence-corrected chi connectivity index (χ3v) is 3.77. The van der Waals surface area contributed by atoms with Crippen molar-refractivity contribution in [2.45, 2.75) is 0 Å². The number of esters is 1. The predicted octanol–water partition coefficient (Wildman–Crippen LogP) is 5.09. The Morgan fingerprint density at radius 3 is 2.43 bits per heavy atom. The molecule has 2 aromatic carbocycles. The van der Waals surface area contributed by atoms with E-state index in [4.69, 9.17) is 39.5 Å². The van der Waals surface area contributed by atoms with E-state index in [2.05, 4.69) is 0 Å². The van der Waals surface area contributed by atoms with Gasteiger partial charge in [0.15, 0.2) is 6.61 Å². The summed E-state index contributed by atoms with van der Waals surface area (Å²) in [5.41, 5.74) is 0.928. The Morgan fingerprint density at radius 1 is 1.00 bits per heavy atom. The van der Waals surface area contributed by atoms with Gasteiger partial charge in [-0.3, -0.25) is 4.79 Å². The van der Waals surface area contributed by atoms with Gasteiger partial charge in [-0.25, -0.2) is 4.79 Å². The molecule has 0 spiro atoms. The van der Waals surface area contributed by atoms with Crippen molar-refractivity contribution in [1.29, 1.82) is 0 Å². The zero-order valence-electron chi connectivity index (χ0n) is 11.8. The molecule has 3 nitrogen and oxygen atoms in total. The van der Waals surface area contributed by atoms with Crippen LogP contribution in [-0.4, -0.2) is 18.4 Å². The van der Waals surface area contributed by atoms with Crippen molar-refractivity contribution in [2.24, 2.45) is 0 Å². The summed E-state index contributed by atoms with van der Waals surface area (Å²) < 4.78 is 4.90. The molecule has 0 fully saturated rings. The molecule has 0 atom stereocenters. The van der Waals surface area contributed by atoms with Crippen LogP contribution in [0.25, 0.3) is 6.08 Å². The fourth-order valence-electron chi connectivity index (χ4n) is 1.74. The Labute approximate surface area is 148 Å². The Balaban J connectivity index is 1.94. The lowest BCUT2D eigenvalue weighted by molar-refractivity contribution is -0.136. The zero-order chi connectivity index (χ0) is 16.8. The Kier molecular flexibility index (Phi) is 6.22. The van der Waals surface area contributed by atoms with Crippen LogP contribution in [0.3, 0.4) is 0 Å². The highest BCUT2D eigenvalue weighted by molar-refractivity contribution is 6.35. The van der Waals surface area contributed by atoms with E-state index in [1.165, 1.54) is 12.2 Å². The van der Waals surface area contributed by atoms with Crippen LogP contribution < -0.4 is 0 Å². The molecule has 0 aliphatic heterocycles. The molecular weight excluding hydrogens is 359 g/mol. The number of ketones is 1. The fraction of sp³-hybridized carbons (Fsp3) is 0.0588. The van der Waals surface area contributed by atoms with Crippen LogP contribution in [0.15, 0.2) is 48.5 Å². The van der Waals surface area contributed by atoms with Gasteiger partial charge in [0, 0.05) is 21.7 Å². The molecule has 0 bridgehead atoms. The molecular formula is C17H11Cl3O3.